The molecule has 0 atom stereocenters. The Morgan fingerprint density at radius 1 is 0.279 bits per heavy atom. The summed E-state index contributed by atoms with van der Waals surface area (Å²) in [5.41, 5.74) is 12.9. The van der Waals surface area contributed by atoms with Crippen LogP contribution in [0.4, 0.5) is 0 Å². The predicted octanol–water partition coefficient (Wildman–Crippen LogP) is 11.2. The van der Waals surface area contributed by atoms with E-state index in [2.05, 4.69) is 158 Å². The molecule has 2 aliphatic rings. The number of hydrogen-bond acceptors (Lipinski definition) is 0. The highest BCUT2D eigenvalue weighted by Gasteiger charge is 2.50. The summed E-state index contributed by atoms with van der Waals surface area (Å²) in [6, 6.07) is 58.8. The maximum Gasteiger partial charge on any atom is 0.0725 e. The highest BCUT2D eigenvalue weighted by Crippen LogP contribution is 2.63. The molecule has 0 aromatic heterocycles. The summed E-state index contributed by atoms with van der Waals surface area (Å²) in [7, 11) is 0. The maximum absolute atomic E-state index is 2.44. The quantitative estimate of drug-likeness (QED) is 0.191. The van der Waals surface area contributed by atoms with Crippen molar-refractivity contribution >= 4 is 32.3 Å². The summed E-state index contributed by atoms with van der Waals surface area (Å²) in [6.45, 7) is 0. The third-order valence-electron chi connectivity index (χ3n) is 10.0. The summed E-state index contributed by atoms with van der Waals surface area (Å²) in [4.78, 5) is 0. The van der Waals surface area contributed by atoms with Gasteiger partial charge in [-0.25, -0.2) is 0 Å². The first-order chi connectivity index (χ1) is 21.3. The summed E-state index contributed by atoms with van der Waals surface area (Å²) >= 11 is 0. The molecule has 8 aromatic carbocycles. The molecule has 198 valence electrons. The molecule has 0 saturated carbocycles. The molecule has 2 aliphatic carbocycles. The molecule has 0 bridgehead atoms. The van der Waals surface area contributed by atoms with Crippen LogP contribution in [0.1, 0.15) is 22.3 Å². The molecule has 0 fully saturated rings. The topological polar surface area (TPSA) is 0 Å². The molecule has 0 heteroatoms. The Morgan fingerprint density at radius 3 is 1.49 bits per heavy atom. The van der Waals surface area contributed by atoms with E-state index in [0.29, 0.717) is 0 Å². The highest BCUT2D eigenvalue weighted by molar-refractivity contribution is 6.29. The average molecular weight is 543 g/mol. The Kier molecular flexibility index (Phi) is 4.47. The van der Waals surface area contributed by atoms with Gasteiger partial charge in [0.15, 0.2) is 0 Å². The van der Waals surface area contributed by atoms with E-state index in [1.165, 1.54) is 88.0 Å². The van der Waals surface area contributed by atoms with Gasteiger partial charge in [0, 0.05) is 0 Å². The number of benzene rings is 8. The molecule has 0 heterocycles. The SMILES string of the molecule is c1ccc(-c2cccc(-c3ccc4c(c3)-c3ccccc3C43c4cccc5c6ccccc6c6cccc3c6c45)c2)cc1. The van der Waals surface area contributed by atoms with Crippen molar-refractivity contribution in [1.29, 1.82) is 0 Å². The maximum atomic E-state index is 2.44. The van der Waals surface area contributed by atoms with Crippen molar-refractivity contribution in [2.24, 2.45) is 0 Å². The van der Waals surface area contributed by atoms with Crippen molar-refractivity contribution < 1.29 is 0 Å². The smallest absolute Gasteiger partial charge is 0.0622 e. The van der Waals surface area contributed by atoms with Crippen molar-refractivity contribution in [2.75, 3.05) is 0 Å². The first-order valence-corrected chi connectivity index (χ1v) is 15.1. The Hall–Kier alpha value is -5.46. The minimum atomic E-state index is -0.338. The number of rotatable bonds is 2. The van der Waals surface area contributed by atoms with E-state index in [0.717, 1.165) is 0 Å². The van der Waals surface area contributed by atoms with Crippen LogP contribution in [0.2, 0.25) is 0 Å². The second kappa shape index (κ2) is 8.31. The average Bonchev–Trinajstić information content (AvgIpc) is 3.56. The molecule has 0 saturated heterocycles. The van der Waals surface area contributed by atoms with Crippen molar-refractivity contribution in [3.8, 4) is 33.4 Å². The third-order valence-corrected chi connectivity index (χ3v) is 10.0. The van der Waals surface area contributed by atoms with E-state index in [1.807, 2.05) is 0 Å². The molecule has 0 aliphatic heterocycles. The lowest BCUT2D eigenvalue weighted by Gasteiger charge is -2.30. The van der Waals surface area contributed by atoms with Crippen LogP contribution < -0.4 is 0 Å². The van der Waals surface area contributed by atoms with E-state index in [1.54, 1.807) is 0 Å². The van der Waals surface area contributed by atoms with Crippen LogP contribution in [0.5, 0.6) is 0 Å². The van der Waals surface area contributed by atoms with E-state index in [4.69, 9.17) is 0 Å². The highest BCUT2D eigenvalue weighted by atomic mass is 14.5. The van der Waals surface area contributed by atoms with Gasteiger partial charge in [-0.1, -0.05) is 146 Å². The number of hydrogen-bond donors (Lipinski definition) is 0. The van der Waals surface area contributed by atoms with Gasteiger partial charge in [0.1, 0.15) is 0 Å². The van der Waals surface area contributed by atoms with E-state index >= 15 is 0 Å². The van der Waals surface area contributed by atoms with Crippen molar-refractivity contribution in [3.05, 3.63) is 180 Å². The van der Waals surface area contributed by atoms with Gasteiger partial charge in [-0.15, -0.1) is 0 Å². The minimum Gasteiger partial charge on any atom is -0.0622 e. The fourth-order valence-corrected chi connectivity index (χ4v) is 8.37. The standard InChI is InChI=1S/C43H26/c1-2-11-27(12-3-1)28-13-8-14-29(25-28)30-23-24-38-36(26-30)33-17-6-7-20-37(33)43(38)39-21-9-18-34-31-15-4-5-16-32(31)35-19-10-22-40(43)42(35)41(34)39/h1-26H. The van der Waals surface area contributed by atoms with Crippen LogP contribution >= 0.6 is 0 Å². The van der Waals surface area contributed by atoms with Gasteiger partial charge in [0.25, 0.3) is 0 Å². The van der Waals surface area contributed by atoms with Gasteiger partial charge in [-0.3, -0.25) is 0 Å². The van der Waals surface area contributed by atoms with Gasteiger partial charge < -0.3 is 0 Å². The first kappa shape index (κ1) is 23.1. The van der Waals surface area contributed by atoms with Crippen molar-refractivity contribution in [3.63, 3.8) is 0 Å². The molecule has 0 unspecified atom stereocenters. The summed E-state index contributed by atoms with van der Waals surface area (Å²) in [5, 5.41) is 8.20. The molecular weight excluding hydrogens is 516 g/mol. The molecule has 10 rings (SSSR count). The normalized spacial score (nSPS) is 13.8. The summed E-state index contributed by atoms with van der Waals surface area (Å²) < 4.78 is 0. The third kappa shape index (κ3) is 2.86. The first-order valence-electron chi connectivity index (χ1n) is 15.1. The van der Waals surface area contributed by atoms with Crippen LogP contribution in [0.15, 0.2) is 158 Å². The molecule has 8 aromatic rings. The van der Waals surface area contributed by atoms with Gasteiger partial charge in [-0.2, -0.15) is 0 Å². The second-order valence-corrected chi connectivity index (χ2v) is 12.0. The molecular formula is C43H26. The van der Waals surface area contributed by atoms with Crippen LogP contribution in [-0.2, 0) is 5.41 Å². The van der Waals surface area contributed by atoms with Crippen LogP contribution in [-0.4, -0.2) is 0 Å². The lowest BCUT2D eigenvalue weighted by atomic mass is 9.70. The van der Waals surface area contributed by atoms with Gasteiger partial charge in [0.05, 0.1) is 5.41 Å². The fourth-order valence-electron chi connectivity index (χ4n) is 8.37. The Morgan fingerprint density at radius 2 is 0.767 bits per heavy atom. The molecule has 1 spiro atoms. The summed E-state index contributed by atoms with van der Waals surface area (Å²) in [6.07, 6.45) is 0. The van der Waals surface area contributed by atoms with E-state index in [-0.39, 0.29) is 5.41 Å². The zero-order chi connectivity index (χ0) is 28.1. The van der Waals surface area contributed by atoms with Crippen LogP contribution in [0, 0.1) is 0 Å². The van der Waals surface area contributed by atoms with Gasteiger partial charge in [-0.05, 0) is 100 Å². The summed E-state index contributed by atoms with van der Waals surface area (Å²) in [5.74, 6) is 0. The largest absolute Gasteiger partial charge is 0.0725 e. The molecule has 43 heavy (non-hydrogen) atoms. The zero-order valence-electron chi connectivity index (χ0n) is 23.5. The second-order valence-electron chi connectivity index (χ2n) is 12.0. The monoisotopic (exact) mass is 542 g/mol. The lowest BCUT2D eigenvalue weighted by molar-refractivity contribution is 0.797. The van der Waals surface area contributed by atoms with Crippen molar-refractivity contribution in [2.45, 2.75) is 5.41 Å². The zero-order valence-corrected chi connectivity index (χ0v) is 23.5. The van der Waals surface area contributed by atoms with Gasteiger partial charge >= 0.3 is 0 Å². The van der Waals surface area contributed by atoms with E-state index < -0.39 is 0 Å². The Bertz CT molecular complexity index is 2360. The molecule has 0 amide bonds. The lowest BCUT2D eigenvalue weighted by Crippen LogP contribution is -2.26. The van der Waals surface area contributed by atoms with Crippen molar-refractivity contribution in [1.82, 2.24) is 0 Å². The van der Waals surface area contributed by atoms with Gasteiger partial charge in [0.2, 0.25) is 0 Å². The predicted molar refractivity (Wildman–Crippen MR) is 181 cm³/mol. The minimum absolute atomic E-state index is 0.338. The Balaban J connectivity index is 1.28. The Labute approximate surface area is 250 Å². The van der Waals surface area contributed by atoms with Crippen LogP contribution in [0.25, 0.3) is 65.7 Å². The molecule has 0 N–H and O–H groups in total. The van der Waals surface area contributed by atoms with E-state index in [9.17, 15) is 0 Å². The molecule has 0 radical (unpaired) electrons. The number of fused-ring (bicyclic) bond motifs is 10. The fraction of sp³-hybridized carbons (Fsp3) is 0.0233. The molecule has 0 nitrogen and oxygen atoms in total. The van der Waals surface area contributed by atoms with Crippen LogP contribution in [0.3, 0.4) is 0 Å².